The van der Waals surface area contributed by atoms with Crippen molar-refractivity contribution < 1.29 is 14.7 Å². The summed E-state index contributed by atoms with van der Waals surface area (Å²) in [7, 11) is 0. The number of aromatic hydroxyl groups is 1. The molecule has 1 aromatic rings. The van der Waals surface area contributed by atoms with Gasteiger partial charge in [-0.1, -0.05) is 11.8 Å². The molecule has 0 unspecified atom stereocenters. The highest BCUT2D eigenvalue weighted by atomic mass is 16.3. The van der Waals surface area contributed by atoms with E-state index in [2.05, 4.69) is 17.2 Å². The summed E-state index contributed by atoms with van der Waals surface area (Å²) < 4.78 is 0. The lowest BCUT2D eigenvalue weighted by molar-refractivity contribution is -0.118. The lowest BCUT2D eigenvalue weighted by Gasteiger charge is -2.00. The van der Waals surface area contributed by atoms with Gasteiger partial charge in [0.05, 0.1) is 12.1 Å². The number of benzene rings is 1. The van der Waals surface area contributed by atoms with Gasteiger partial charge in [-0.3, -0.25) is 9.59 Å². The largest absolute Gasteiger partial charge is 0.507 e. The molecule has 4 nitrogen and oxygen atoms in total. The molecule has 0 aliphatic heterocycles. The average Bonchev–Trinajstić information content (AvgIpc) is 2.23. The summed E-state index contributed by atoms with van der Waals surface area (Å²) in [6.45, 7) is 3.05. The molecule has 0 bridgehead atoms. The highest BCUT2D eigenvalue weighted by molar-refractivity contribution is 5.96. The second-order valence-corrected chi connectivity index (χ2v) is 3.50. The number of Topliss-reactive ketones (excluding diaryl/α,β-unsaturated/α-hetero) is 1. The molecular formula is C13H13NO3. The van der Waals surface area contributed by atoms with Gasteiger partial charge < -0.3 is 10.4 Å². The molecule has 0 aliphatic carbocycles. The van der Waals surface area contributed by atoms with Crippen molar-refractivity contribution in [2.75, 3.05) is 6.54 Å². The van der Waals surface area contributed by atoms with E-state index in [1.807, 2.05) is 0 Å². The second kappa shape index (κ2) is 5.71. The van der Waals surface area contributed by atoms with Gasteiger partial charge in [-0.05, 0) is 25.1 Å². The van der Waals surface area contributed by atoms with Gasteiger partial charge in [-0.15, -0.1) is 0 Å². The van der Waals surface area contributed by atoms with E-state index in [0.29, 0.717) is 5.56 Å². The fraction of sp³-hybridized carbons (Fsp3) is 0.231. The molecule has 0 saturated carbocycles. The quantitative estimate of drug-likeness (QED) is 0.591. The van der Waals surface area contributed by atoms with Crippen LogP contribution in [0, 0.1) is 11.8 Å². The number of phenolic OH excluding ortho intramolecular Hbond substituents is 1. The van der Waals surface area contributed by atoms with Gasteiger partial charge in [0.1, 0.15) is 5.75 Å². The fourth-order valence-corrected chi connectivity index (χ4v) is 1.22. The number of carbonyl (C=O) groups is 2. The van der Waals surface area contributed by atoms with E-state index in [9.17, 15) is 14.7 Å². The number of rotatable bonds is 2. The van der Waals surface area contributed by atoms with Crippen LogP contribution in [-0.2, 0) is 4.79 Å². The van der Waals surface area contributed by atoms with E-state index in [1.54, 1.807) is 6.07 Å². The van der Waals surface area contributed by atoms with Crippen molar-refractivity contribution in [1.82, 2.24) is 5.32 Å². The van der Waals surface area contributed by atoms with Crippen molar-refractivity contribution in [2.24, 2.45) is 0 Å². The second-order valence-electron chi connectivity index (χ2n) is 3.50. The SMILES string of the molecule is CC(=O)NCC#Cc1ccc(C(C)=O)c(O)c1. The maximum absolute atomic E-state index is 11.1. The molecule has 0 atom stereocenters. The van der Waals surface area contributed by atoms with Crippen LogP contribution in [0.25, 0.3) is 0 Å². The number of hydrogen-bond acceptors (Lipinski definition) is 3. The number of carbonyl (C=O) groups excluding carboxylic acids is 2. The molecule has 88 valence electrons. The fourth-order valence-electron chi connectivity index (χ4n) is 1.22. The van der Waals surface area contributed by atoms with Crippen LogP contribution >= 0.6 is 0 Å². The smallest absolute Gasteiger partial charge is 0.217 e. The van der Waals surface area contributed by atoms with Crippen molar-refractivity contribution in [3.8, 4) is 17.6 Å². The van der Waals surface area contributed by atoms with Crippen LogP contribution in [0.5, 0.6) is 5.75 Å². The predicted octanol–water partition coefficient (Wildman–Crippen LogP) is 1.08. The zero-order valence-corrected chi connectivity index (χ0v) is 9.70. The van der Waals surface area contributed by atoms with Gasteiger partial charge in [0, 0.05) is 12.5 Å². The minimum Gasteiger partial charge on any atom is -0.507 e. The maximum Gasteiger partial charge on any atom is 0.217 e. The molecule has 2 N–H and O–H groups in total. The van der Waals surface area contributed by atoms with Crippen LogP contribution in [0.2, 0.25) is 0 Å². The molecule has 0 spiro atoms. The molecule has 0 radical (unpaired) electrons. The van der Waals surface area contributed by atoms with E-state index in [1.165, 1.54) is 26.0 Å². The first-order valence-electron chi connectivity index (χ1n) is 5.08. The minimum atomic E-state index is -0.194. The molecule has 0 heterocycles. The van der Waals surface area contributed by atoms with Crippen molar-refractivity contribution in [3.63, 3.8) is 0 Å². The molecule has 1 rings (SSSR count). The number of nitrogens with one attached hydrogen (secondary N) is 1. The Morgan fingerprint density at radius 2 is 2.06 bits per heavy atom. The molecular weight excluding hydrogens is 218 g/mol. The van der Waals surface area contributed by atoms with Gasteiger partial charge in [0.25, 0.3) is 0 Å². The van der Waals surface area contributed by atoms with Crippen LogP contribution in [-0.4, -0.2) is 23.3 Å². The Balaban J connectivity index is 2.77. The molecule has 0 aromatic heterocycles. The van der Waals surface area contributed by atoms with E-state index in [-0.39, 0.29) is 29.5 Å². The first kappa shape index (κ1) is 12.8. The lowest BCUT2D eigenvalue weighted by atomic mass is 10.1. The summed E-state index contributed by atoms with van der Waals surface area (Å²) in [6, 6.07) is 4.61. The summed E-state index contributed by atoms with van der Waals surface area (Å²) in [5, 5.41) is 12.1. The summed E-state index contributed by atoms with van der Waals surface area (Å²) in [6.07, 6.45) is 0. The zero-order chi connectivity index (χ0) is 12.8. The van der Waals surface area contributed by atoms with Crippen molar-refractivity contribution in [1.29, 1.82) is 0 Å². The number of hydrogen-bond donors (Lipinski definition) is 2. The molecule has 0 saturated heterocycles. The van der Waals surface area contributed by atoms with Crippen LogP contribution in [0.4, 0.5) is 0 Å². The zero-order valence-electron chi connectivity index (χ0n) is 9.70. The van der Waals surface area contributed by atoms with Crippen LogP contribution in [0.1, 0.15) is 29.8 Å². The molecule has 4 heteroatoms. The van der Waals surface area contributed by atoms with Crippen LogP contribution < -0.4 is 5.32 Å². The Kier molecular flexibility index (Phi) is 4.29. The van der Waals surface area contributed by atoms with Crippen LogP contribution in [0.3, 0.4) is 0 Å². The predicted molar refractivity (Wildman–Crippen MR) is 63.7 cm³/mol. The van der Waals surface area contributed by atoms with Gasteiger partial charge >= 0.3 is 0 Å². The van der Waals surface area contributed by atoms with Gasteiger partial charge in [-0.2, -0.15) is 0 Å². The van der Waals surface area contributed by atoms with Gasteiger partial charge in [0.2, 0.25) is 5.91 Å². The summed E-state index contributed by atoms with van der Waals surface area (Å²) in [5.41, 5.74) is 0.871. The Labute approximate surface area is 99.7 Å². The van der Waals surface area contributed by atoms with E-state index < -0.39 is 0 Å². The number of phenols is 1. The minimum absolute atomic E-state index is 0.0798. The van der Waals surface area contributed by atoms with Crippen molar-refractivity contribution in [2.45, 2.75) is 13.8 Å². The van der Waals surface area contributed by atoms with E-state index in [4.69, 9.17) is 0 Å². The molecule has 1 aromatic carbocycles. The molecule has 0 aliphatic rings. The Morgan fingerprint density at radius 1 is 1.35 bits per heavy atom. The number of ketones is 1. The Bertz CT molecular complexity index is 509. The van der Waals surface area contributed by atoms with Gasteiger partial charge in [0.15, 0.2) is 5.78 Å². The maximum atomic E-state index is 11.1. The monoisotopic (exact) mass is 231 g/mol. The third kappa shape index (κ3) is 3.99. The summed E-state index contributed by atoms with van der Waals surface area (Å²) in [5.74, 6) is 5.08. The third-order valence-corrected chi connectivity index (χ3v) is 2.04. The highest BCUT2D eigenvalue weighted by Gasteiger charge is 2.05. The third-order valence-electron chi connectivity index (χ3n) is 2.04. The lowest BCUT2D eigenvalue weighted by Crippen LogP contribution is -2.19. The average molecular weight is 231 g/mol. The van der Waals surface area contributed by atoms with Crippen molar-refractivity contribution >= 4 is 11.7 Å². The van der Waals surface area contributed by atoms with E-state index in [0.717, 1.165) is 0 Å². The normalized spacial score (nSPS) is 9.06. The first-order valence-corrected chi connectivity index (χ1v) is 5.08. The highest BCUT2D eigenvalue weighted by Crippen LogP contribution is 2.18. The molecule has 1 amide bonds. The van der Waals surface area contributed by atoms with E-state index >= 15 is 0 Å². The Hall–Kier alpha value is -2.28. The topological polar surface area (TPSA) is 66.4 Å². The summed E-state index contributed by atoms with van der Waals surface area (Å²) >= 11 is 0. The van der Waals surface area contributed by atoms with Gasteiger partial charge in [-0.25, -0.2) is 0 Å². The van der Waals surface area contributed by atoms with Crippen LogP contribution in [0.15, 0.2) is 18.2 Å². The standard InChI is InChI=1S/C13H13NO3/c1-9(15)12-6-5-11(8-13(12)17)4-3-7-14-10(2)16/h5-6,8,17H,7H2,1-2H3,(H,14,16). The number of amides is 1. The van der Waals surface area contributed by atoms with Crippen molar-refractivity contribution in [3.05, 3.63) is 29.3 Å². The Morgan fingerprint density at radius 3 is 2.59 bits per heavy atom. The first-order chi connectivity index (χ1) is 8.00. The molecule has 0 fully saturated rings. The molecule has 17 heavy (non-hydrogen) atoms. The summed E-state index contributed by atoms with van der Waals surface area (Å²) in [4.78, 5) is 21.6.